The normalized spacial score (nSPS) is 33.6. The van der Waals surface area contributed by atoms with Gasteiger partial charge in [-0.05, 0) is 6.07 Å². The molecule has 3 aliphatic rings. The Balaban J connectivity index is 1.83. The number of rotatable bonds is 2. The SMILES string of the molecule is OC(c1ccccc1Cl)C1CN2CCN1CC2. The summed E-state index contributed by atoms with van der Waals surface area (Å²) < 4.78 is 0. The van der Waals surface area contributed by atoms with E-state index < -0.39 is 6.10 Å². The molecule has 2 bridgehead atoms. The number of nitrogens with zero attached hydrogens (tertiary/aromatic N) is 2. The lowest BCUT2D eigenvalue weighted by Crippen LogP contribution is -2.62. The first kappa shape index (κ1) is 11.5. The van der Waals surface area contributed by atoms with Crippen LogP contribution in [0, 0.1) is 0 Å². The van der Waals surface area contributed by atoms with E-state index in [2.05, 4.69) is 9.80 Å². The monoisotopic (exact) mass is 252 g/mol. The molecule has 0 saturated carbocycles. The lowest BCUT2D eigenvalue weighted by molar-refractivity contribution is -0.0470. The molecule has 0 aliphatic carbocycles. The van der Waals surface area contributed by atoms with Crippen molar-refractivity contribution in [2.24, 2.45) is 0 Å². The minimum atomic E-state index is -0.480. The first-order chi connectivity index (χ1) is 8.25. The van der Waals surface area contributed by atoms with Crippen molar-refractivity contribution in [2.75, 3.05) is 32.7 Å². The van der Waals surface area contributed by atoms with Crippen molar-refractivity contribution in [1.82, 2.24) is 9.80 Å². The largest absolute Gasteiger partial charge is 0.387 e. The number of aliphatic hydroxyl groups is 1. The van der Waals surface area contributed by atoms with Crippen molar-refractivity contribution < 1.29 is 5.11 Å². The van der Waals surface area contributed by atoms with E-state index in [9.17, 15) is 5.11 Å². The Labute approximate surface area is 107 Å². The second kappa shape index (κ2) is 4.58. The highest BCUT2D eigenvalue weighted by atomic mass is 35.5. The van der Waals surface area contributed by atoms with Crippen LogP contribution in [0.25, 0.3) is 0 Å². The highest BCUT2D eigenvalue weighted by molar-refractivity contribution is 6.31. The molecule has 3 nitrogen and oxygen atoms in total. The first-order valence-corrected chi connectivity index (χ1v) is 6.52. The van der Waals surface area contributed by atoms with Crippen LogP contribution in [0.4, 0.5) is 0 Å². The fourth-order valence-corrected chi connectivity index (χ4v) is 3.13. The van der Waals surface area contributed by atoms with Crippen molar-refractivity contribution >= 4 is 11.6 Å². The summed E-state index contributed by atoms with van der Waals surface area (Å²) in [5, 5.41) is 11.2. The molecule has 3 aliphatic heterocycles. The van der Waals surface area contributed by atoms with Gasteiger partial charge in [0, 0.05) is 43.3 Å². The molecule has 3 heterocycles. The smallest absolute Gasteiger partial charge is 0.0971 e. The van der Waals surface area contributed by atoms with Gasteiger partial charge in [-0.25, -0.2) is 0 Å². The van der Waals surface area contributed by atoms with Crippen molar-refractivity contribution in [3.05, 3.63) is 34.9 Å². The Morgan fingerprint density at radius 3 is 2.47 bits per heavy atom. The van der Waals surface area contributed by atoms with Crippen LogP contribution < -0.4 is 0 Å². The molecule has 0 radical (unpaired) electrons. The standard InChI is InChI=1S/C13H17ClN2O/c14-11-4-2-1-3-10(11)13(17)12-9-15-5-7-16(12)8-6-15/h1-4,12-13,17H,5-9H2. The van der Waals surface area contributed by atoms with Gasteiger partial charge in [-0.1, -0.05) is 29.8 Å². The molecule has 1 aromatic carbocycles. The van der Waals surface area contributed by atoms with Gasteiger partial charge in [0.15, 0.2) is 0 Å². The summed E-state index contributed by atoms with van der Waals surface area (Å²) >= 11 is 6.15. The third kappa shape index (κ3) is 2.08. The van der Waals surface area contributed by atoms with E-state index in [1.165, 1.54) is 0 Å². The number of aliphatic hydroxyl groups excluding tert-OH is 1. The molecule has 0 spiro atoms. The van der Waals surface area contributed by atoms with Crippen LogP contribution >= 0.6 is 11.6 Å². The van der Waals surface area contributed by atoms with Gasteiger partial charge < -0.3 is 5.11 Å². The lowest BCUT2D eigenvalue weighted by Gasteiger charge is -2.49. The predicted octanol–water partition coefficient (Wildman–Crippen LogP) is 1.37. The van der Waals surface area contributed by atoms with Crippen LogP contribution in [0.15, 0.2) is 24.3 Å². The van der Waals surface area contributed by atoms with E-state index in [0.717, 1.165) is 38.3 Å². The van der Waals surface area contributed by atoms with Crippen molar-refractivity contribution in [3.8, 4) is 0 Å². The molecular weight excluding hydrogens is 236 g/mol. The summed E-state index contributed by atoms with van der Waals surface area (Å²) in [7, 11) is 0. The maximum Gasteiger partial charge on any atom is 0.0971 e. The van der Waals surface area contributed by atoms with E-state index in [0.29, 0.717) is 5.02 Å². The van der Waals surface area contributed by atoms with Crippen molar-refractivity contribution in [2.45, 2.75) is 12.1 Å². The second-order valence-corrected chi connectivity index (χ2v) is 5.28. The average molecular weight is 253 g/mol. The number of benzene rings is 1. The van der Waals surface area contributed by atoms with Gasteiger partial charge in [0.1, 0.15) is 0 Å². The molecule has 1 N–H and O–H groups in total. The lowest BCUT2D eigenvalue weighted by atomic mass is 9.96. The van der Waals surface area contributed by atoms with Gasteiger partial charge >= 0.3 is 0 Å². The Kier molecular flexibility index (Phi) is 3.09. The maximum absolute atomic E-state index is 10.5. The highest BCUT2D eigenvalue weighted by Crippen LogP contribution is 2.30. The number of piperazine rings is 3. The molecule has 1 aromatic rings. The van der Waals surface area contributed by atoms with Crippen molar-refractivity contribution in [1.29, 1.82) is 0 Å². The third-order valence-electron chi connectivity index (χ3n) is 3.91. The van der Waals surface area contributed by atoms with Gasteiger partial charge in [-0.3, -0.25) is 9.80 Å². The molecule has 2 atom stereocenters. The summed E-state index contributed by atoms with van der Waals surface area (Å²) in [5.74, 6) is 0. The van der Waals surface area contributed by atoms with Crippen LogP contribution in [0.3, 0.4) is 0 Å². The Morgan fingerprint density at radius 1 is 1.18 bits per heavy atom. The van der Waals surface area contributed by atoms with Gasteiger partial charge in [-0.15, -0.1) is 0 Å². The zero-order chi connectivity index (χ0) is 11.8. The van der Waals surface area contributed by atoms with Gasteiger partial charge in [0.2, 0.25) is 0 Å². The zero-order valence-corrected chi connectivity index (χ0v) is 10.5. The van der Waals surface area contributed by atoms with E-state index in [-0.39, 0.29) is 6.04 Å². The molecule has 4 heteroatoms. The number of fused-ring (bicyclic) bond motifs is 3. The number of halogens is 1. The average Bonchev–Trinajstić information content (AvgIpc) is 2.40. The molecular formula is C13H17ClN2O. The van der Waals surface area contributed by atoms with Crippen LogP contribution in [-0.4, -0.2) is 53.7 Å². The van der Waals surface area contributed by atoms with Crippen LogP contribution in [-0.2, 0) is 0 Å². The van der Waals surface area contributed by atoms with Crippen LogP contribution in [0.5, 0.6) is 0 Å². The van der Waals surface area contributed by atoms with Crippen LogP contribution in [0.2, 0.25) is 5.02 Å². The number of hydrogen-bond acceptors (Lipinski definition) is 3. The van der Waals surface area contributed by atoms with Gasteiger partial charge in [-0.2, -0.15) is 0 Å². The summed E-state index contributed by atoms with van der Waals surface area (Å²) in [6.45, 7) is 5.34. The van der Waals surface area contributed by atoms with E-state index >= 15 is 0 Å². The first-order valence-electron chi connectivity index (χ1n) is 6.14. The number of hydrogen-bond donors (Lipinski definition) is 1. The molecule has 3 fully saturated rings. The van der Waals surface area contributed by atoms with E-state index in [1.807, 2.05) is 24.3 Å². The molecule has 2 unspecified atom stereocenters. The fourth-order valence-electron chi connectivity index (χ4n) is 2.88. The van der Waals surface area contributed by atoms with Crippen molar-refractivity contribution in [3.63, 3.8) is 0 Å². The summed E-state index contributed by atoms with van der Waals surface area (Å²) in [6, 6.07) is 7.79. The zero-order valence-electron chi connectivity index (χ0n) is 9.72. The molecule has 0 aromatic heterocycles. The van der Waals surface area contributed by atoms with E-state index in [1.54, 1.807) is 0 Å². The van der Waals surface area contributed by atoms with Crippen LogP contribution in [0.1, 0.15) is 11.7 Å². The Hall–Kier alpha value is -0.610. The third-order valence-corrected chi connectivity index (χ3v) is 4.25. The molecule has 92 valence electrons. The highest BCUT2D eigenvalue weighted by Gasteiger charge is 2.37. The summed E-state index contributed by atoms with van der Waals surface area (Å²) in [5.41, 5.74) is 0.855. The summed E-state index contributed by atoms with van der Waals surface area (Å²) in [6.07, 6.45) is -0.480. The van der Waals surface area contributed by atoms with Gasteiger partial charge in [0.25, 0.3) is 0 Å². The predicted molar refractivity (Wildman–Crippen MR) is 68.2 cm³/mol. The second-order valence-electron chi connectivity index (χ2n) is 4.87. The topological polar surface area (TPSA) is 26.7 Å². The van der Waals surface area contributed by atoms with Gasteiger partial charge in [0.05, 0.1) is 12.1 Å². The molecule has 0 amide bonds. The fraction of sp³-hybridized carbons (Fsp3) is 0.538. The summed E-state index contributed by atoms with van der Waals surface area (Å²) in [4.78, 5) is 4.80. The Morgan fingerprint density at radius 2 is 1.88 bits per heavy atom. The quantitative estimate of drug-likeness (QED) is 0.862. The molecule has 17 heavy (non-hydrogen) atoms. The molecule has 3 saturated heterocycles. The van der Waals surface area contributed by atoms with E-state index in [4.69, 9.17) is 11.6 Å². The molecule has 4 rings (SSSR count). The maximum atomic E-state index is 10.5. The minimum Gasteiger partial charge on any atom is -0.387 e. The Bertz CT molecular complexity index is 404. The minimum absolute atomic E-state index is 0.192.